The number of rotatable bonds is 6. The highest BCUT2D eigenvalue weighted by atomic mass is 32.2. The molecule has 0 bridgehead atoms. The van der Waals surface area contributed by atoms with Crippen LogP contribution < -0.4 is 9.64 Å². The van der Waals surface area contributed by atoms with Crippen LogP contribution in [-0.4, -0.2) is 65.6 Å². The van der Waals surface area contributed by atoms with Gasteiger partial charge in [-0.3, -0.25) is 4.90 Å². The molecule has 3 aromatic rings. The van der Waals surface area contributed by atoms with Crippen LogP contribution in [0, 0.1) is 5.92 Å². The molecule has 0 amide bonds. The number of fused-ring (bicyclic) bond motifs is 1. The van der Waals surface area contributed by atoms with Crippen molar-refractivity contribution >= 4 is 28.7 Å². The Morgan fingerprint density at radius 2 is 1.62 bits per heavy atom. The van der Waals surface area contributed by atoms with Crippen LogP contribution in [0.15, 0.2) is 53.4 Å². The lowest BCUT2D eigenvalue weighted by Gasteiger charge is -2.37. The second-order valence-electron chi connectivity index (χ2n) is 9.50. The van der Waals surface area contributed by atoms with Gasteiger partial charge in [0.15, 0.2) is 0 Å². The molecule has 2 aliphatic rings. The average molecular weight is 478 g/mol. The van der Waals surface area contributed by atoms with E-state index in [2.05, 4.69) is 64.4 Å². The first-order chi connectivity index (χ1) is 16.6. The van der Waals surface area contributed by atoms with Gasteiger partial charge in [0, 0.05) is 49.6 Å². The summed E-state index contributed by atoms with van der Waals surface area (Å²) in [5, 5.41) is 1.17. The third-order valence-electron chi connectivity index (χ3n) is 7.17. The summed E-state index contributed by atoms with van der Waals surface area (Å²) < 4.78 is 7.73. The van der Waals surface area contributed by atoms with E-state index in [9.17, 15) is 0 Å². The number of anilines is 1. The Bertz CT molecular complexity index is 1090. The van der Waals surface area contributed by atoms with E-state index < -0.39 is 0 Å². The summed E-state index contributed by atoms with van der Waals surface area (Å²) in [5.41, 5.74) is 1.06. The maximum atomic E-state index is 5.28. The molecule has 0 radical (unpaired) electrons. The molecule has 3 heterocycles. The van der Waals surface area contributed by atoms with Gasteiger partial charge in [0.05, 0.1) is 18.7 Å². The van der Waals surface area contributed by atoms with Gasteiger partial charge in [-0.05, 0) is 74.0 Å². The van der Waals surface area contributed by atoms with E-state index in [0.717, 1.165) is 68.1 Å². The molecule has 1 unspecified atom stereocenters. The molecule has 7 heteroatoms. The molecule has 34 heavy (non-hydrogen) atoms. The van der Waals surface area contributed by atoms with Gasteiger partial charge in [0.2, 0.25) is 0 Å². The van der Waals surface area contributed by atoms with Crippen LogP contribution in [-0.2, 0) is 0 Å². The number of para-hydroxylation sites is 1. The van der Waals surface area contributed by atoms with Crippen molar-refractivity contribution < 1.29 is 4.74 Å². The lowest BCUT2D eigenvalue weighted by molar-refractivity contribution is 0.146. The molecule has 180 valence electrons. The van der Waals surface area contributed by atoms with Crippen molar-refractivity contribution in [1.29, 1.82) is 0 Å². The minimum atomic E-state index is 0.195. The standard InChI is InChI=1S/C27H35N5OS/c1-20-12-14-31(15-13-20)27-24-6-4-5-7-25(24)28-26(29-27)21(2)30-16-18-32(19-17-30)34-23-10-8-22(33-3)9-11-23/h4-11,20-21H,12-19H2,1-3H3. The molecule has 2 fully saturated rings. The number of hydrogen-bond acceptors (Lipinski definition) is 7. The molecule has 1 atom stereocenters. The minimum Gasteiger partial charge on any atom is -0.497 e. The summed E-state index contributed by atoms with van der Waals surface area (Å²) in [4.78, 5) is 16.4. The summed E-state index contributed by atoms with van der Waals surface area (Å²) in [6.07, 6.45) is 2.47. The van der Waals surface area contributed by atoms with Crippen molar-refractivity contribution in [3.8, 4) is 5.75 Å². The van der Waals surface area contributed by atoms with Gasteiger partial charge >= 0.3 is 0 Å². The fourth-order valence-electron chi connectivity index (χ4n) is 4.86. The summed E-state index contributed by atoms with van der Waals surface area (Å²) in [6.45, 7) is 10.8. The molecule has 0 saturated carbocycles. The fraction of sp³-hybridized carbons (Fsp3) is 0.481. The number of benzene rings is 2. The Labute approximate surface area is 207 Å². The second kappa shape index (κ2) is 10.5. The molecule has 2 aromatic carbocycles. The van der Waals surface area contributed by atoms with Gasteiger partial charge in [0.1, 0.15) is 17.4 Å². The van der Waals surface area contributed by atoms with Crippen molar-refractivity contribution in [2.45, 2.75) is 37.6 Å². The number of hydrogen-bond donors (Lipinski definition) is 0. The van der Waals surface area contributed by atoms with Crippen molar-refractivity contribution in [3.63, 3.8) is 0 Å². The zero-order valence-corrected chi connectivity index (χ0v) is 21.3. The summed E-state index contributed by atoms with van der Waals surface area (Å²) in [6, 6.07) is 17.0. The topological polar surface area (TPSA) is 44.7 Å². The largest absolute Gasteiger partial charge is 0.497 e. The van der Waals surface area contributed by atoms with Crippen molar-refractivity contribution in [3.05, 3.63) is 54.4 Å². The quantitative estimate of drug-likeness (QED) is 0.449. The zero-order chi connectivity index (χ0) is 23.5. The summed E-state index contributed by atoms with van der Waals surface area (Å²) in [7, 11) is 1.71. The van der Waals surface area contributed by atoms with Crippen molar-refractivity contribution in [2.75, 3.05) is 51.3 Å². The monoisotopic (exact) mass is 477 g/mol. The lowest BCUT2D eigenvalue weighted by Crippen LogP contribution is -2.44. The Balaban J connectivity index is 1.28. The predicted octanol–water partition coefficient (Wildman–Crippen LogP) is 5.26. The van der Waals surface area contributed by atoms with Gasteiger partial charge in [-0.15, -0.1) is 0 Å². The SMILES string of the molecule is COc1ccc(SN2CCN(C(C)c3nc(N4CCC(C)CC4)c4ccccc4n3)CC2)cc1. The minimum absolute atomic E-state index is 0.195. The first kappa shape index (κ1) is 23.4. The van der Waals surface area contributed by atoms with E-state index >= 15 is 0 Å². The first-order valence-electron chi connectivity index (χ1n) is 12.4. The Kier molecular flexibility index (Phi) is 7.23. The molecule has 0 aliphatic carbocycles. The smallest absolute Gasteiger partial charge is 0.148 e. The Morgan fingerprint density at radius 3 is 2.32 bits per heavy atom. The van der Waals surface area contributed by atoms with Crippen LogP contribution in [0.2, 0.25) is 0 Å². The molecule has 1 aromatic heterocycles. The van der Waals surface area contributed by atoms with E-state index in [1.54, 1.807) is 7.11 Å². The van der Waals surface area contributed by atoms with Crippen molar-refractivity contribution in [2.24, 2.45) is 5.92 Å². The zero-order valence-electron chi connectivity index (χ0n) is 20.5. The van der Waals surface area contributed by atoms with Crippen LogP contribution in [0.4, 0.5) is 5.82 Å². The number of aromatic nitrogens is 2. The summed E-state index contributed by atoms with van der Waals surface area (Å²) >= 11 is 1.83. The number of nitrogens with zero attached hydrogens (tertiary/aromatic N) is 5. The number of piperazine rings is 1. The van der Waals surface area contributed by atoms with Crippen LogP contribution in [0.3, 0.4) is 0 Å². The van der Waals surface area contributed by atoms with Crippen LogP contribution >= 0.6 is 11.9 Å². The Hall–Kier alpha value is -2.35. The van der Waals surface area contributed by atoms with E-state index in [4.69, 9.17) is 14.7 Å². The molecular weight excluding hydrogens is 442 g/mol. The van der Waals surface area contributed by atoms with Gasteiger partial charge in [-0.25, -0.2) is 14.3 Å². The molecular formula is C27H35N5OS. The van der Waals surface area contributed by atoms with E-state index in [-0.39, 0.29) is 6.04 Å². The number of ether oxygens (including phenoxy) is 1. The third-order valence-corrected chi connectivity index (χ3v) is 8.28. The van der Waals surface area contributed by atoms with Gasteiger partial charge in [-0.2, -0.15) is 0 Å². The molecule has 2 aliphatic heterocycles. The summed E-state index contributed by atoms with van der Waals surface area (Å²) in [5.74, 6) is 3.77. The average Bonchev–Trinajstić information content (AvgIpc) is 2.89. The second-order valence-corrected chi connectivity index (χ2v) is 10.7. The van der Waals surface area contributed by atoms with Gasteiger partial charge in [-0.1, -0.05) is 19.1 Å². The molecule has 0 N–H and O–H groups in total. The highest BCUT2D eigenvalue weighted by Crippen LogP contribution is 2.32. The number of piperidine rings is 1. The molecule has 2 saturated heterocycles. The van der Waals surface area contributed by atoms with Crippen LogP contribution in [0.25, 0.3) is 10.9 Å². The fourth-order valence-corrected chi connectivity index (χ4v) is 5.76. The first-order valence-corrected chi connectivity index (χ1v) is 13.2. The molecule has 0 spiro atoms. The van der Waals surface area contributed by atoms with Crippen molar-refractivity contribution in [1.82, 2.24) is 19.2 Å². The third kappa shape index (κ3) is 5.16. The van der Waals surface area contributed by atoms with Crippen LogP contribution in [0.1, 0.15) is 38.6 Å². The number of methoxy groups -OCH3 is 1. The highest BCUT2D eigenvalue weighted by molar-refractivity contribution is 7.97. The van der Waals surface area contributed by atoms with Crippen LogP contribution in [0.5, 0.6) is 5.75 Å². The van der Waals surface area contributed by atoms with E-state index in [1.165, 1.54) is 23.1 Å². The Morgan fingerprint density at radius 1 is 0.912 bits per heavy atom. The van der Waals surface area contributed by atoms with E-state index in [1.807, 2.05) is 24.1 Å². The predicted molar refractivity (Wildman–Crippen MR) is 141 cm³/mol. The normalized spacial score (nSPS) is 19.4. The maximum Gasteiger partial charge on any atom is 0.148 e. The van der Waals surface area contributed by atoms with Gasteiger partial charge < -0.3 is 9.64 Å². The van der Waals surface area contributed by atoms with E-state index in [0.29, 0.717) is 0 Å². The van der Waals surface area contributed by atoms with Gasteiger partial charge in [0.25, 0.3) is 0 Å². The highest BCUT2D eigenvalue weighted by Gasteiger charge is 2.26. The molecule has 6 nitrogen and oxygen atoms in total. The lowest BCUT2D eigenvalue weighted by atomic mass is 9.99. The maximum absolute atomic E-state index is 5.28. The molecule has 5 rings (SSSR count).